The molecule has 2 fully saturated rings. The lowest BCUT2D eigenvalue weighted by Gasteiger charge is -2.32. The number of benzene rings is 2. The Morgan fingerprint density at radius 1 is 0.968 bits per heavy atom. The SMILES string of the molecule is CC(NC(=O)C(Cc1ccccc1)N1C(=O)c2ccccc2C1=O)C1CC2CCC1C2. The van der Waals surface area contributed by atoms with E-state index in [0.29, 0.717) is 29.4 Å². The zero-order chi connectivity index (χ0) is 21.5. The molecule has 5 rings (SSSR count). The first-order valence-corrected chi connectivity index (χ1v) is 11.3. The summed E-state index contributed by atoms with van der Waals surface area (Å²) in [6, 6.07) is 15.6. The lowest BCUT2D eigenvalue weighted by atomic mass is 9.84. The maximum atomic E-state index is 13.5. The van der Waals surface area contributed by atoms with Crippen LogP contribution in [0, 0.1) is 17.8 Å². The maximum Gasteiger partial charge on any atom is 0.262 e. The fourth-order valence-corrected chi connectivity index (χ4v) is 5.96. The van der Waals surface area contributed by atoms with Crippen LogP contribution in [0.4, 0.5) is 0 Å². The quantitative estimate of drug-likeness (QED) is 0.728. The van der Waals surface area contributed by atoms with E-state index in [0.717, 1.165) is 11.5 Å². The second-order valence-electron chi connectivity index (χ2n) is 9.37. The maximum absolute atomic E-state index is 13.5. The minimum absolute atomic E-state index is 0.0382. The van der Waals surface area contributed by atoms with Crippen molar-refractivity contribution in [3.8, 4) is 0 Å². The summed E-state index contributed by atoms with van der Waals surface area (Å²) in [4.78, 5) is 40.9. The fraction of sp³-hybridized carbons (Fsp3) is 0.423. The molecule has 5 nitrogen and oxygen atoms in total. The number of rotatable bonds is 6. The van der Waals surface area contributed by atoms with Gasteiger partial charge in [0, 0.05) is 12.5 Å². The third kappa shape index (κ3) is 3.56. The van der Waals surface area contributed by atoms with Crippen molar-refractivity contribution in [1.29, 1.82) is 0 Å². The normalized spacial score (nSPS) is 26.1. The van der Waals surface area contributed by atoms with Crippen LogP contribution in [0.15, 0.2) is 54.6 Å². The number of hydrogen-bond donors (Lipinski definition) is 1. The third-order valence-corrected chi connectivity index (χ3v) is 7.52. The predicted octanol–water partition coefficient (Wildman–Crippen LogP) is 3.83. The van der Waals surface area contributed by atoms with E-state index in [1.807, 2.05) is 30.3 Å². The average molecular weight is 417 g/mol. The van der Waals surface area contributed by atoms with E-state index in [1.165, 1.54) is 30.6 Å². The summed E-state index contributed by atoms with van der Waals surface area (Å²) in [5.74, 6) is 0.960. The smallest absolute Gasteiger partial charge is 0.262 e. The van der Waals surface area contributed by atoms with Gasteiger partial charge in [-0.2, -0.15) is 0 Å². The summed E-state index contributed by atoms with van der Waals surface area (Å²) in [6.07, 6.45) is 5.32. The van der Waals surface area contributed by atoms with E-state index >= 15 is 0 Å². The van der Waals surface area contributed by atoms with Crippen molar-refractivity contribution in [3.63, 3.8) is 0 Å². The number of nitrogens with zero attached hydrogens (tertiary/aromatic N) is 1. The van der Waals surface area contributed by atoms with Gasteiger partial charge in [0.2, 0.25) is 5.91 Å². The number of carbonyl (C=O) groups excluding carboxylic acids is 3. The van der Waals surface area contributed by atoms with Crippen LogP contribution in [0.3, 0.4) is 0 Å². The van der Waals surface area contributed by atoms with Gasteiger partial charge in [0.15, 0.2) is 0 Å². The second-order valence-corrected chi connectivity index (χ2v) is 9.37. The number of amides is 3. The van der Waals surface area contributed by atoms with Crippen molar-refractivity contribution in [1.82, 2.24) is 10.2 Å². The Hall–Kier alpha value is -2.95. The fourth-order valence-electron chi connectivity index (χ4n) is 5.96. The lowest BCUT2D eigenvalue weighted by molar-refractivity contribution is -0.126. The number of nitrogens with one attached hydrogen (secondary N) is 1. The minimum Gasteiger partial charge on any atom is -0.352 e. The molecule has 1 N–H and O–H groups in total. The Labute approximate surface area is 182 Å². The van der Waals surface area contributed by atoms with Crippen LogP contribution in [-0.2, 0) is 11.2 Å². The molecule has 2 aromatic carbocycles. The Kier molecular flexibility index (Phi) is 5.12. The van der Waals surface area contributed by atoms with Gasteiger partial charge in [0.1, 0.15) is 6.04 Å². The van der Waals surface area contributed by atoms with Crippen molar-refractivity contribution < 1.29 is 14.4 Å². The first-order chi connectivity index (χ1) is 15.0. The van der Waals surface area contributed by atoms with Crippen molar-refractivity contribution >= 4 is 17.7 Å². The number of fused-ring (bicyclic) bond motifs is 3. The Morgan fingerprint density at radius 2 is 1.61 bits per heavy atom. The first-order valence-electron chi connectivity index (χ1n) is 11.3. The number of imide groups is 1. The van der Waals surface area contributed by atoms with Gasteiger partial charge in [0.05, 0.1) is 11.1 Å². The van der Waals surface area contributed by atoms with Crippen LogP contribution in [0.25, 0.3) is 0 Å². The van der Waals surface area contributed by atoms with E-state index in [9.17, 15) is 14.4 Å². The van der Waals surface area contributed by atoms with Crippen LogP contribution >= 0.6 is 0 Å². The molecule has 2 saturated carbocycles. The highest BCUT2D eigenvalue weighted by Gasteiger charge is 2.45. The van der Waals surface area contributed by atoms with E-state index in [4.69, 9.17) is 0 Å². The molecule has 0 saturated heterocycles. The summed E-state index contributed by atoms with van der Waals surface area (Å²) in [6.45, 7) is 2.07. The molecule has 2 aliphatic carbocycles. The monoisotopic (exact) mass is 416 g/mol. The van der Waals surface area contributed by atoms with Crippen LogP contribution in [0.1, 0.15) is 58.9 Å². The molecular formula is C26H28N2O3. The Bertz CT molecular complexity index is 983. The van der Waals surface area contributed by atoms with E-state index in [1.54, 1.807) is 24.3 Å². The molecular weight excluding hydrogens is 388 g/mol. The van der Waals surface area contributed by atoms with Crippen molar-refractivity contribution in [2.45, 2.75) is 51.1 Å². The highest BCUT2D eigenvalue weighted by atomic mass is 16.2. The molecule has 2 bridgehead atoms. The third-order valence-electron chi connectivity index (χ3n) is 7.52. The summed E-state index contributed by atoms with van der Waals surface area (Å²) >= 11 is 0. The van der Waals surface area contributed by atoms with E-state index < -0.39 is 6.04 Å². The molecule has 3 amide bonds. The summed E-state index contributed by atoms with van der Waals surface area (Å²) in [5.41, 5.74) is 1.67. The average Bonchev–Trinajstić information content (AvgIpc) is 3.48. The lowest BCUT2D eigenvalue weighted by Crippen LogP contribution is -2.53. The molecule has 0 radical (unpaired) electrons. The van der Waals surface area contributed by atoms with Gasteiger partial charge in [0.25, 0.3) is 11.8 Å². The molecule has 0 aromatic heterocycles. The van der Waals surface area contributed by atoms with Crippen LogP contribution in [0.2, 0.25) is 0 Å². The zero-order valence-corrected chi connectivity index (χ0v) is 17.8. The number of carbonyl (C=O) groups is 3. The van der Waals surface area contributed by atoms with Crippen LogP contribution in [0.5, 0.6) is 0 Å². The van der Waals surface area contributed by atoms with Crippen LogP contribution < -0.4 is 5.32 Å². The highest BCUT2D eigenvalue weighted by molar-refractivity contribution is 6.22. The summed E-state index contributed by atoms with van der Waals surface area (Å²) < 4.78 is 0. The summed E-state index contributed by atoms with van der Waals surface area (Å²) in [7, 11) is 0. The molecule has 5 atom stereocenters. The highest BCUT2D eigenvalue weighted by Crippen LogP contribution is 2.49. The largest absolute Gasteiger partial charge is 0.352 e. The van der Waals surface area contributed by atoms with Gasteiger partial charge in [-0.25, -0.2) is 0 Å². The molecule has 31 heavy (non-hydrogen) atoms. The Morgan fingerprint density at radius 3 is 2.19 bits per heavy atom. The van der Waals surface area contributed by atoms with Gasteiger partial charge >= 0.3 is 0 Å². The van der Waals surface area contributed by atoms with Gasteiger partial charge in [-0.3, -0.25) is 19.3 Å². The van der Waals surface area contributed by atoms with Gasteiger partial charge in [-0.15, -0.1) is 0 Å². The Balaban J connectivity index is 1.40. The van der Waals surface area contributed by atoms with Gasteiger partial charge in [-0.1, -0.05) is 48.9 Å². The topological polar surface area (TPSA) is 66.5 Å². The minimum atomic E-state index is -0.865. The molecule has 5 unspecified atom stereocenters. The molecule has 2 aromatic rings. The summed E-state index contributed by atoms with van der Waals surface area (Å²) in [5, 5.41) is 3.19. The van der Waals surface area contributed by atoms with E-state index in [2.05, 4.69) is 12.2 Å². The second kappa shape index (κ2) is 7.95. The molecule has 5 heteroatoms. The van der Waals surface area contributed by atoms with Crippen molar-refractivity contribution in [3.05, 3.63) is 71.3 Å². The van der Waals surface area contributed by atoms with Crippen LogP contribution in [-0.4, -0.2) is 34.7 Å². The standard InChI is InChI=1S/C26H28N2O3/c1-16(22-14-18-11-12-19(22)13-18)27-24(29)23(15-17-7-3-2-4-8-17)28-25(30)20-9-5-6-10-21(20)26(28)31/h2-10,16,18-19,22-23H,11-15H2,1H3,(H,27,29). The molecule has 3 aliphatic rings. The van der Waals surface area contributed by atoms with Crippen molar-refractivity contribution in [2.75, 3.05) is 0 Å². The predicted molar refractivity (Wildman–Crippen MR) is 117 cm³/mol. The van der Waals surface area contributed by atoms with E-state index in [-0.39, 0.29) is 23.8 Å². The van der Waals surface area contributed by atoms with Gasteiger partial charge < -0.3 is 5.32 Å². The number of hydrogen-bond acceptors (Lipinski definition) is 3. The first kappa shape index (κ1) is 20.0. The molecule has 1 aliphatic heterocycles. The zero-order valence-electron chi connectivity index (χ0n) is 17.8. The molecule has 1 heterocycles. The van der Waals surface area contributed by atoms with Gasteiger partial charge in [-0.05, 0) is 61.6 Å². The molecule has 0 spiro atoms. The van der Waals surface area contributed by atoms with Crippen molar-refractivity contribution in [2.24, 2.45) is 17.8 Å². The molecule has 160 valence electrons.